The van der Waals surface area contributed by atoms with Crippen molar-refractivity contribution in [3.63, 3.8) is 0 Å². The molecular formula is C22H35IN6. The monoisotopic (exact) mass is 510 g/mol. The highest BCUT2D eigenvalue weighted by molar-refractivity contribution is 14.0. The standard InChI is InChI=1S/C22H34N6.HI/c1-4-12-28-13-10-18(11-14-28)15-25-22(23-2)27(3)17-21-24-16-20(26-21)19-8-6-5-7-9-19;/h5-9,16,18H,4,10-15,17H2,1-3H3,(H,23,25)(H,24,26);1H. The highest BCUT2D eigenvalue weighted by atomic mass is 127. The van der Waals surface area contributed by atoms with Crippen LogP contribution in [0.15, 0.2) is 41.5 Å². The minimum Gasteiger partial charge on any atom is -0.356 e. The molecule has 7 heteroatoms. The molecular weight excluding hydrogens is 475 g/mol. The minimum absolute atomic E-state index is 0. The summed E-state index contributed by atoms with van der Waals surface area (Å²) < 4.78 is 0. The van der Waals surface area contributed by atoms with Gasteiger partial charge in [0.1, 0.15) is 5.82 Å². The van der Waals surface area contributed by atoms with Crippen molar-refractivity contribution in [2.45, 2.75) is 32.7 Å². The molecule has 0 atom stereocenters. The molecule has 0 amide bonds. The molecule has 29 heavy (non-hydrogen) atoms. The van der Waals surface area contributed by atoms with Gasteiger partial charge in [-0.3, -0.25) is 4.99 Å². The second-order valence-corrected chi connectivity index (χ2v) is 7.68. The highest BCUT2D eigenvalue weighted by Gasteiger charge is 2.19. The Bertz CT molecular complexity index is 737. The van der Waals surface area contributed by atoms with E-state index in [1.54, 1.807) is 0 Å². The number of hydrogen-bond acceptors (Lipinski definition) is 3. The molecule has 1 aliphatic rings. The molecule has 1 aromatic heterocycles. The molecule has 0 radical (unpaired) electrons. The quantitative estimate of drug-likeness (QED) is 0.338. The van der Waals surface area contributed by atoms with Crippen molar-refractivity contribution in [3.8, 4) is 11.3 Å². The van der Waals surface area contributed by atoms with Gasteiger partial charge in [0.2, 0.25) is 0 Å². The number of hydrogen-bond donors (Lipinski definition) is 2. The van der Waals surface area contributed by atoms with Crippen molar-refractivity contribution in [1.82, 2.24) is 25.1 Å². The molecule has 2 heterocycles. The molecule has 2 N–H and O–H groups in total. The Morgan fingerprint density at radius 2 is 2.00 bits per heavy atom. The van der Waals surface area contributed by atoms with E-state index in [4.69, 9.17) is 0 Å². The average molecular weight is 510 g/mol. The van der Waals surface area contributed by atoms with E-state index in [0.717, 1.165) is 35.5 Å². The third kappa shape index (κ3) is 6.99. The lowest BCUT2D eigenvalue weighted by Gasteiger charge is -2.32. The van der Waals surface area contributed by atoms with Gasteiger partial charge in [-0.2, -0.15) is 0 Å². The average Bonchev–Trinajstić information content (AvgIpc) is 3.19. The van der Waals surface area contributed by atoms with Gasteiger partial charge in [0.05, 0.1) is 18.4 Å². The van der Waals surface area contributed by atoms with Gasteiger partial charge in [0.25, 0.3) is 0 Å². The fraction of sp³-hybridized carbons (Fsp3) is 0.545. The first kappa shape index (κ1) is 23.7. The molecule has 0 saturated carbocycles. The van der Waals surface area contributed by atoms with Gasteiger partial charge in [-0.05, 0) is 50.4 Å². The number of rotatable bonds is 7. The summed E-state index contributed by atoms with van der Waals surface area (Å²) in [6, 6.07) is 10.3. The Kier molecular flexibility index (Phi) is 9.93. The van der Waals surface area contributed by atoms with Crippen molar-refractivity contribution in [3.05, 3.63) is 42.4 Å². The molecule has 3 rings (SSSR count). The number of benzene rings is 1. The molecule has 1 saturated heterocycles. The van der Waals surface area contributed by atoms with Crippen LogP contribution in [0.4, 0.5) is 0 Å². The Hall–Kier alpha value is -1.61. The fourth-order valence-electron chi connectivity index (χ4n) is 3.86. The topological polar surface area (TPSA) is 59.5 Å². The predicted octanol–water partition coefficient (Wildman–Crippen LogP) is 3.82. The van der Waals surface area contributed by atoms with Gasteiger partial charge >= 0.3 is 0 Å². The molecule has 0 bridgehead atoms. The number of guanidine groups is 1. The van der Waals surface area contributed by atoms with Crippen LogP contribution in [0.3, 0.4) is 0 Å². The third-order valence-electron chi connectivity index (χ3n) is 5.47. The number of aromatic nitrogens is 2. The summed E-state index contributed by atoms with van der Waals surface area (Å²) in [6.07, 6.45) is 5.69. The van der Waals surface area contributed by atoms with Crippen LogP contribution in [-0.4, -0.2) is 66.0 Å². The van der Waals surface area contributed by atoms with Crippen molar-refractivity contribution < 1.29 is 0 Å². The lowest BCUT2D eigenvalue weighted by atomic mass is 9.97. The lowest BCUT2D eigenvalue weighted by Crippen LogP contribution is -2.43. The summed E-state index contributed by atoms with van der Waals surface area (Å²) in [7, 11) is 3.91. The maximum Gasteiger partial charge on any atom is 0.193 e. The Morgan fingerprint density at radius 1 is 1.28 bits per heavy atom. The van der Waals surface area contributed by atoms with Gasteiger partial charge in [0.15, 0.2) is 5.96 Å². The zero-order valence-corrected chi connectivity index (χ0v) is 20.2. The summed E-state index contributed by atoms with van der Waals surface area (Å²) in [4.78, 5) is 17.1. The Balaban J connectivity index is 0.00000300. The van der Waals surface area contributed by atoms with Crippen LogP contribution >= 0.6 is 24.0 Å². The number of halogens is 1. The normalized spacial score (nSPS) is 15.8. The molecule has 0 aliphatic carbocycles. The number of imidazole rings is 1. The summed E-state index contributed by atoms with van der Waals surface area (Å²) in [6.45, 7) is 7.63. The molecule has 0 unspecified atom stereocenters. The van der Waals surface area contributed by atoms with Crippen LogP contribution in [0.2, 0.25) is 0 Å². The number of nitrogens with zero attached hydrogens (tertiary/aromatic N) is 4. The molecule has 1 fully saturated rings. The maximum atomic E-state index is 4.54. The van der Waals surface area contributed by atoms with Crippen LogP contribution in [0.1, 0.15) is 32.0 Å². The molecule has 1 aliphatic heterocycles. The lowest BCUT2D eigenvalue weighted by molar-refractivity contribution is 0.185. The van der Waals surface area contributed by atoms with Crippen molar-refractivity contribution in [2.75, 3.05) is 40.3 Å². The van der Waals surface area contributed by atoms with Gasteiger partial charge in [0, 0.05) is 20.6 Å². The van der Waals surface area contributed by atoms with Crippen LogP contribution in [0, 0.1) is 5.92 Å². The first-order valence-corrected chi connectivity index (χ1v) is 10.4. The molecule has 1 aromatic carbocycles. The van der Waals surface area contributed by atoms with Gasteiger partial charge < -0.3 is 20.1 Å². The van der Waals surface area contributed by atoms with Crippen molar-refractivity contribution in [2.24, 2.45) is 10.9 Å². The second kappa shape index (κ2) is 12.2. The van der Waals surface area contributed by atoms with Gasteiger partial charge in [-0.15, -0.1) is 24.0 Å². The second-order valence-electron chi connectivity index (χ2n) is 7.68. The van der Waals surface area contributed by atoms with E-state index < -0.39 is 0 Å². The summed E-state index contributed by atoms with van der Waals surface area (Å²) in [5.41, 5.74) is 2.20. The predicted molar refractivity (Wildman–Crippen MR) is 132 cm³/mol. The molecule has 6 nitrogen and oxygen atoms in total. The van der Waals surface area contributed by atoms with Crippen LogP contribution in [0.5, 0.6) is 0 Å². The van der Waals surface area contributed by atoms with Crippen molar-refractivity contribution in [1.29, 1.82) is 0 Å². The maximum absolute atomic E-state index is 4.54. The number of likely N-dealkylation sites (tertiary alicyclic amines) is 1. The molecule has 0 spiro atoms. The summed E-state index contributed by atoms with van der Waals surface area (Å²) in [5.74, 6) is 2.59. The smallest absolute Gasteiger partial charge is 0.193 e. The molecule has 160 valence electrons. The number of aliphatic imine (C=N–C) groups is 1. The van der Waals surface area contributed by atoms with Crippen molar-refractivity contribution >= 4 is 29.9 Å². The zero-order chi connectivity index (χ0) is 19.8. The minimum atomic E-state index is 0. The largest absolute Gasteiger partial charge is 0.356 e. The zero-order valence-electron chi connectivity index (χ0n) is 17.9. The van der Waals surface area contributed by atoms with Crippen LogP contribution < -0.4 is 5.32 Å². The number of H-pyrrole nitrogens is 1. The number of nitrogens with one attached hydrogen (secondary N) is 2. The Labute approximate surface area is 192 Å². The summed E-state index contributed by atoms with van der Waals surface area (Å²) in [5, 5.41) is 3.56. The fourth-order valence-corrected chi connectivity index (χ4v) is 3.86. The van der Waals surface area contributed by atoms with Crippen LogP contribution in [-0.2, 0) is 6.54 Å². The van der Waals surface area contributed by atoms with Crippen LogP contribution in [0.25, 0.3) is 11.3 Å². The summed E-state index contributed by atoms with van der Waals surface area (Å²) >= 11 is 0. The van der Waals surface area contributed by atoms with Gasteiger partial charge in [-0.1, -0.05) is 37.3 Å². The Morgan fingerprint density at radius 3 is 2.66 bits per heavy atom. The van der Waals surface area contributed by atoms with Gasteiger partial charge in [-0.25, -0.2) is 4.98 Å². The van der Waals surface area contributed by atoms with E-state index in [9.17, 15) is 0 Å². The number of piperidine rings is 1. The van der Waals surface area contributed by atoms with E-state index >= 15 is 0 Å². The van der Waals surface area contributed by atoms with E-state index in [-0.39, 0.29) is 24.0 Å². The third-order valence-corrected chi connectivity index (χ3v) is 5.47. The van der Waals surface area contributed by atoms with E-state index in [2.05, 4.69) is 56.2 Å². The number of aromatic amines is 1. The van der Waals surface area contributed by atoms with E-state index in [1.165, 1.54) is 38.9 Å². The highest BCUT2D eigenvalue weighted by Crippen LogP contribution is 2.18. The molecule has 2 aromatic rings. The SMILES string of the molecule is CCCN1CCC(CNC(=NC)N(C)Cc2ncc(-c3ccccc3)[nH]2)CC1.I. The first-order valence-electron chi connectivity index (χ1n) is 10.4. The van der Waals surface area contributed by atoms with E-state index in [0.29, 0.717) is 6.54 Å². The van der Waals surface area contributed by atoms with E-state index in [1.807, 2.05) is 31.4 Å². The first-order chi connectivity index (χ1) is 13.7.